The Morgan fingerprint density at radius 1 is 0.882 bits per heavy atom. The fraction of sp³-hybridized carbons (Fsp3) is 0.250. The Morgan fingerprint density at radius 3 is 2.06 bits per heavy atom. The Labute approximate surface area is 103 Å². The molecule has 0 saturated heterocycles. The van der Waals surface area contributed by atoms with E-state index in [0.717, 1.165) is 11.3 Å². The Balaban J connectivity index is 2.46. The molecule has 0 aliphatic heterocycles. The van der Waals surface area contributed by atoms with E-state index in [1.54, 1.807) is 0 Å². The fourth-order valence-corrected chi connectivity index (χ4v) is 1.91. The summed E-state index contributed by atoms with van der Waals surface area (Å²) in [5, 5.41) is 0. The predicted octanol–water partition coefficient (Wildman–Crippen LogP) is 4.23. The third kappa shape index (κ3) is 2.50. The zero-order chi connectivity index (χ0) is 12.5. The summed E-state index contributed by atoms with van der Waals surface area (Å²) in [6.07, 6.45) is 0. The molecular formula is C16H19N. The van der Waals surface area contributed by atoms with Crippen molar-refractivity contribution in [2.45, 2.75) is 26.2 Å². The van der Waals surface area contributed by atoms with E-state index < -0.39 is 0 Å². The van der Waals surface area contributed by atoms with Crippen LogP contribution in [0.5, 0.6) is 0 Å². The highest BCUT2D eigenvalue weighted by Gasteiger charge is 2.14. The van der Waals surface area contributed by atoms with E-state index in [0.29, 0.717) is 0 Å². The van der Waals surface area contributed by atoms with Crippen LogP contribution in [0.2, 0.25) is 0 Å². The van der Waals surface area contributed by atoms with Crippen LogP contribution in [0, 0.1) is 0 Å². The second-order valence-corrected chi connectivity index (χ2v) is 5.42. The van der Waals surface area contributed by atoms with Gasteiger partial charge < -0.3 is 5.73 Å². The van der Waals surface area contributed by atoms with Crippen LogP contribution in [0.15, 0.2) is 48.5 Å². The van der Waals surface area contributed by atoms with Crippen molar-refractivity contribution in [3.8, 4) is 11.1 Å². The predicted molar refractivity (Wildman–Crippen MR) is 75.0 cm³/mol. The lowest BCUT2D eigenvalue weighted by Gasteiger charge is -2.20. The lowest BCUT2D eigenvalue weighted by Crippen LogP contribution is -2.11. The van der Waals surface area contributed by atoms with Gasteiger partial charge in [0.25, 0.3) is 0 Å². The minimum Gasteiger partial charge on any atom is -0.398 e. The first-order valence-electron chi connectivity index (χ1n) is 5.94. The van der Waals surface area contributed by atoms with E-state index in [-0.39, 0.29) is 5.41 Å². The number of hydrogen-bond donors (Lipinski definition) is 1. The van der Waals surface area contributed by atoms with Crippen molar-refractivity contribution >= 4 is 5.69 Å². The van der Waals surface area contributed by atoms with Crippen molar-refractivity contribution in [2.75, 3.05) is 5.73 Å². The summed E-state index contributed by atoms with van der Waals surface area (Å²) in [5.41, 5.74) is 10.7. The molecule has 0 unspecified atom stereocenters. The number of hydrogen-bond acceptors (Lipinski definition) is 1. The molecule has 0 amide bonds. The van der Waals surface area contributed by atoms with Gasteiger partial charge in [-0.1, -0.05) is 63.2 Å². The Kier molecular flexibility index (Phi) is 2.93. The molecule has 1 heteroatoms. The van der Waals surface area contributed by atoms with Gasteiger partial charge in [-0.2, -0.15) is 0 Å². The molecule has 2 aromatic carbocycles. The Hall–Kier alpha value is -1.76. The van der Waals surface area contributed by atoms with Crippen molar-refractivity contribution in [1.29, 1.82) is 0 Å². The van der Waals surface area contributed by atoms with Crippen molar-refractivity contribution in [1.82, 2.24) is 0 Å². The summed E-state index contributed by atoms with van der Waals surface area (Å²) in [7, 11) is 0. The minimum atomic E-state index is 0.142. The van der Waals surface area contributed by atoms with Crippen molar-refractivity contribution in [3.63, 3.8) is 0 Å². The average molecular weight is 225 g/mol. The Morgan fingerprint density at radius 2 is 1.53 bits per heavy atom. The molecule has 2 rings (SSSR count). The monoisotopic (exact) mass is 225 g/mol. The standard InChI is InChI=1S/C16H19N/c1-16(2,3)13-9-10-14(15(17)11-13)12-7-5-4-6-8-12/h4-11H,17H2,1-3H3. The van der Waals surface area contributed by atoms with Crippen LogP contribution < -0.4 is 5.73 Å². The van der Waals surface area contributed by atoms with Crippen LogP contribution in [0.3, 0.4) is 0 Å². The lowest BCUT2D eigenvalue weighted by atomic mass is 9.85. The normalized spacial score (nSPS) is 11.5. The first-order valence-corrected chi connectivity index (χ1v) is 5.94. The van der Waals surface area contributed by atoms with Crippen LogP contribution in [-0.4, -0.2) is 0 Å². The largest absolute Gasteiger partial charge is 0.398 e. The van der Waals surface area contributed by atoms with Gasteiger partial charge >= 0.3 is 0 Å². The van der Waals surface area contributed by atoms with E-state index in [2.05, 4.69) is 51.1 Å². The first-order chi connectivity index (χ1) is 7.98. The first kappa shape index (κ1) is 11.7. The molecule has 0 aliphatic rings. The van der Waals surface area contributed by atoms with E-state index in [1.165, 1.54) is 11.1 Å². The topological polar surface area (TPSA) is 26.0 Å². The number of benzene rings is 2. The molecule has 0 atom stereocenters. The molecule has 0 fully saturated rings. The summed E-state index contributed by atoms with van der Waals surface area (Å²) >= 11 is 0. The zero-order valence-corrected chi connectivity index (χ0v) is 10.7. The fourth-order valence-electron chi connectivity index (χ4n) is 1.91. The third-order valence-corrected chi connectivity index (χ3v) is 3.00. The molecule has 17 heavy (non-hydrogen) atoms. The van der Waals surface area contributed by atoms with Gasteiger partial charge in [0, 0.05) is 11.3 Å². The minimum absolute atomic E-state index is 0.142. The molecule has 0 heterocycles. The van der Waals surface area contributed by atoms with Crippen LogP contribution in [0.1, 0.15) is 26.3 Å². The molecular weight excluding hydrogens is 206 g/mol. The van der Waals surface area contributed by atoms with Crippen LogP contribution in [-0.2, 0) is 5.41 Å². The van der Waals surface area contributed by atoms with Gasteiger partial charge in [-0.25, -0.2) is 0 Å². The Bertz CT molecular complexity index is 507. The molecule has 0 spiro atoms. The number of anilines is 1. The summed E-state index contributed by atoms with van der Waals surface area (Å²) in [5.74, 6) is 0. The second-order valence-electron chi connectivity index (χ2n) is 5.42. The van der Waals surface area contributed by atoms with Crippen LogP contribution in [0.25, 0.3) is 11.1 Å². The van der Waals surface area contributed by atoms with Gasteiger partial charge in [0.05, 0.1) is 0 Å². The highest BCUT2D eigenvalue weighted by Crippen LogP contribution is 2.31. The average Bonchev–Trinajstić information content (AvgIpc) is 2.29. The quantitative estimate of drug-likeness (QED) is 0.722. The van der Waals surface area contributed by atoms with Gasteiger partial charge in [-0.05, 0) is 22.6 Å². The molecule has 0 saturated carbocycles. The molecule has 0 radical (unpaired) electrons. The molecule has 0 bridgehead atoms. The summed E-state index contributed by atoms with van der Waals surface area (Å²) in [4.78, 5) is 0. The number of rotatable bonds is 1. The maximum absolute atomic E-state index is 6.15. The van der Waals surface area contributed by atoms with E-state index >= 15 is 0 Å². The smallest absolute Gasteiger partial charge is 0.0396 e. The SMILES string of the molecule is CC(C)(C)c1ccc(-c2ccccc2)c(N)c1. The lowest BCUT2D eigenvalue weighted by molar-refractivity contribution is 0.590. The summed E-state index contributed by atoms with van der Waals surface area (Å²) < 4.78 is 0. The molecule has 2 N–H and O–H groups in total. The highest BCUT2D eigenvalue weighted by molar-refractivity contribution is 5.76. The van der Waals surface area contributed by atoms with Gasteiger partial charge in [0.1, 0.15) is 0 Å². The molecule has 2 aromatic rings. The van der Waals surface area contributed by atoms with Gasteiger partial charge in [0.2, 0.25) is 0 Å². The van der Waals surface area contributed by atoms with E-state index in [9.17, 15) is 0 Å². The molecule has 88 valence electrons. The number of nitrogen functional groups attached to an aromatic ring is 1. The van der Waals surface area contributed by atoms with Crippen molar-refractivity contribution in [3.05, 3.63) is 54.1 Å². The van der Waals surface area contributed by atoms with Gasteiger partial charge in [0.15, 0.2) is 0 Å². The van der Waals surface area contributed by atoms with Gasteiger partial charge in [-0.3, -0.25) is 0 Å². The maximum atomic E-state index is 6.15. The third-order valence-electron chi connectivity index (χ3n) is 3.00. The highest BCUT2D eigenvalue weighted by atomic mass is 14.6. The van der Waals surface area contributed by atoms with Crippen LogP contribution in [0.4, 0.5) is 5.69 Å². The number of nitrogens with two attached hydrogens (primary N) is 1. The van der Waals surface area contributed by atoms with E-state index in [4.69, 9.17) is 5.73 Å². The van der Waals surface area contributed by atoms with Crippen molar-refractivity contribution < 1.29 is 0 Å². The summed E-state index contributed by atoms with van der Waals surface area (Å²) in [6, 6.07) is 16.6. The maximum Gasteiger partial charge on any atom is 0.0396 e. The van der Waals surface area contributed by atoms with Gasteiger partial charge in [-0.15, -0.1) is 0 Å². The molecule has 0 aliphatic carbocycles. The van der Waals surface area contributed by atoms with Crippen molar-refractivity contribution in [2.24, 2.45) is 0 Å². The molecule has 0 aromatic heterocycles. The van der Waals surface area contributed by atoms with Crippen LogP contribution >= 0.6 is 0 Å². The molecule has 1 nitrogen and oxygen atoms in total. The second kappa shape index (κ2) is 4.25. The van der Waals surface area contributed by atoms with E-state index in [1.807, 2.05) is 18.2 Å². The zero-order valence-electron chi connectivity index (χ0n) is 10.7. The summed E-state index contributed by atoms with van der Waals surface area (Å²) in [6.45, 7) is 6.60.